The highest BCUT2D eigenvalue weighted by Crippen LogP contribution is 2.34. The lowest BCUT2D eigenvalue weighted by molar-refractivity contribution is -0.115. The van der Waals surface area contributed by atoms with Gasteiger partial charge in [0.15, 0.2) is 0 Å². The number of hydrogen-bond acceptors (Lipinski definition) is 4. The maximum absolute atomic E-state index is 13.3. The molecule has 0 spiro atoms. The Bertz CT molecular complexity index is 1280. The van der Waals surface area contributed by atoms with E-state index < -0.39 is 0 Å². The molecule has 0 bridgehead atoms. The van der Waals surface area contributed by atoms with E-state index in [0.29, 0.717) is 10.7 Å². The van der Waals surface area contributed by atoms with E-state index in [2.05, 4.69) is 27.6 Å². The zero-order chi connectivity index (χ0) is 22.8. The lowest BCUT2D eigenvalue weighted by atomic mass is 10.1. The second-order valence-electron chi connectivity index (χ2n) is 7.93. The summed E-state index contributed by atoms with van der Waals surface area (Å²) in [6.07, 6.45) is 0. The largest absolute Gasteiger partial charge is 0.325 e. The molecule has 4 nitrogen and oxygen atoms in total. The van der Waals surface area contributed by atoms with Crippen LogP contribution in [-0.4, -0.2) is 21.4 Å². The Labute approximate surface area is 191 Å². The molecule has 4 rings (SSSR count). The first-order valence-electron chi connectivity index (χ1n) is 10.4. The molecule has 32 heavy (non-hydrogen) atoms. The molecule has 0 saturated carbocycles. The average molecular weight is 446 g/mol. The van der Waals surface area contributed by atoms with Gasteiger partial charge >= 0.3 is 0 Å². The lowest BCUT2D eigenvalue weighted by Gasteiger charge is -2.16. The number of thioether (sulfide) groups is 1. The third-order valence-corrected chi connectivity index (χ3v) is 6.45. The number of benzene rings is 3. The van der Waals surface area contributed by atoms with Gasteiger partial charge in [0.1, 0.15) is 16.5 Å². The molecule has 3 aromatic carbocycles. The van der Waals surface area contributed by atoms with Crippen molar-refractivity contribution >= 4 is 34.1 Å². The van der Waals surface area contributed by atoms with Crippen LogP contribution in [0.5, 0.6) is 0 Å². The highest BCUT2D eigenvalue weighted by Gasteiger charge is 2.20. The van der Waals surface area contributed by atoms with Gasteiger partial charge in [-0.25, -0.2) is 4.39 Å². The summed E-state index contributed by atoms with van der Waals surface area (Å²) in [4.78, 5) is 12.9. The molecule has 0 fully saturated rings. The Morgan fingerprint density at radius 3 is 2.22 bits per heavy atom. The van der Waals surface area contributed by atoms with Crippen molar-refractivity contribution in [2.75, 3.05) is 5.32 Å². The molecule has 1 aromatic heterocycles. The smallest absolute Gasteiger partial charge is 0.237 e. The highest BCUT2D eigenvalue weighted by atomic mass is 32.2. The molecule has 1 N–H and O–H groups in total. The zero-order valence-corrected chi connectivity index (χ0v) is 19.3. The van der Waals surface area contributed by atoms with Crippen molar-refractivity contribution in [3.8, 4) is 11.3 Å². The summed E-state index contributed by atoms with van der Waals surface area (Å²) < 4.78 is 13.3. The van der Waals surface area contributed by atoms with Gasteiger partial charge in [-0.05, 0) is 63.1 Å². The number of carbonyl (C=O) groups is 1. The van der Waals surface area contributed by atoms with E-state index in [0.717, 1.165) is 33.2 Å². The Hall–Kier alpha value is -3.25. The minimum Gasteiger partial charge on any atom is -0.325 e. The first-order chi connectivity index (χ1) is 15.3. The van der Waals surface area contributed by atoms with Gasteiger partial charge in [-0.2, -0.15) is 0 Å². The molecule has 6 heteroatoms. The second-order valence-corrected chi connectivity index (χ2v) is 9.26. The van der Waals surface area contributed by atoms with Crippen LogP contribution in [-0.2, 0) is 4.79 Å². The number of nitrogens with zero attached hydrogens (tertiary/aromatic N) is 2. The van der Waals surface area contributed by atoms with Gasteiger partial charge in [0.25, 0.3) is 0 Å². The van der Waals surface area contributed by atoms with E-state index in [-0.39, 0.29) is 17.0 Å². The van der Waals surface area contributed by atoms with Crippen molar-refractivity contribution in [3.05, 3.63) is 83.2 Å². The molecule has 4 aromatic rings. The fourth-order valence-electron chi connectivity index (χ4n) is 3.81. The summed E-state index contributed by atoms with van der Waals surface area (Å²) in [7, 11) is 0. The van der Waals surface area contributed by atoms with E-state index in [1.807, 2.05) is 52.0 Å². The molecule has 0 aliphatic carbocycles. The molecule has 1 atom stereocenters. The predicted octanol–water partition coefficient (Wildman–Crippen LogP) is 6.48. The number of anilines is 1. The Balaban J connectivity index is 1.61. The number of carbonyl (C=O) groups excluding carboxylic acids is 1. The number of nitrogens with one attached hydrogen (secondary N) is 1. The maximum Gasteiger partial charge on any atom is 0.237 e. The van der Waals surface area contributed by atoms with Gasteiger partial charge in [0, 0.05) is 22.0 Å². The summed E-state index contributed by atoms with van der Waals surface area (Å²) in [6.45, 7) is 7.91. The molecule has 1 heterocycles. The van der Waals surface area contributed by atoms with Crippen molar-refractivity contribution in [1.82, 2.24) is 10.2 Å². The van der Waals surface area contributed by atoms with Crippen molar-refractivity contribution in [2.45, 2.75) is 38.0 Å². The van der Waals surface area contributed by atoms with Gasteiger partial charge in [-0.15, -0.1) is 10.2 Å². The van der Waals surface area contributed by atoms with Crippen molar-refractivity contribution in [2.24, 2.45) is 0 Å². The van der Waals surface area contributed by atoms with E-state index in [9.17, 15) is 9.18 Å². The molecule has 1 unspecified atom stereocenters. The molecule has 162 valence electrons. The number of fused-ring (bicyclic) bond motifs is 1. The quantitative estimate of drug-likeness (QED) is 0.357. The SMILES string of the molecule is Cc1cc(C)c(NC(=O)C(C)Sc2nnc(-c3ccc(F)cc3)c3ccccc23)c(C)c1. The molecule has 0 aliphatic heterocycles. The standard InChI is InChI=1S/C26H24FN3OS/c1-15-13-16(2)23(17(3)14-15)28-25(31)18(4)32-26-22-8-6-5-7-21(22)24(29-30-26)19-9-11-20(27)12-10-19/h5-14,18H,1-4H3,(H,28,31). The summed E-state index contributed by atoms with van der Waals surface area (Å²) in [6, 6.07) is 18.2. The van der Waals surface area contributed by atoms with Gasteiger partial charge in [0.05, 0.1) is 5.25 Å². The first kappa shape index (κ1) is 22.0. The van der Waals surface area contributed by atoms with E-state index >= 15 is 0 Å². The van der Waals surface area contributed by atoms with E-state index in [1.54, 1.807) is 12.1 Å². The summed E-state index contributed by atoms with van der Waals surface area (Å²) in [5, 5.41) is 14.0. The predicted molar refractivity (Wildman–Crippen MR) is 130 cm³/mol. The molecular weight excluding hydrogens is 421 g/mol. The molecule has 0 saturated heterocycles. The van der Waals surface area contributed by atoms with Crippen LogP contribution in [0.2, 0.25) is 0 Å². The number of halogens is 1. The lowest BCUT2D eigenvalue weighted by Crippen LogP contribution is -2.23. The minimum absolute atomic E-state index is 0.0847. The normalized spacial score (nSPS) is 12.0. The monoisotopic (exact) mass is 445 g/mol. The molecule has 0 radical (unpaired) electrons. The minimum atomic E-state index is -0.371. The summed E-state index contributed by atoms with van der Waals surface area (Å²) >= 11 is 1.38. The number of hydrogen-bond donors (Lipinski definition) is 1. The zero-order valence-electron chi connectivity index (χ0n) is 18.4. The summed E-state index contributed by atoms with van der Waals surface area (Å²) in [5.74, 6) is -0.379. The maximum atomic E-state index is 13.3. The average Bonchev–Trinajstić information content (AvgIpc) is 2.77. The third-order valence-electron chi connectivity index (χ3n) is 5.35. The molecular formula is C26H24FN3OS. The van der Waals surface area contributed by atoms with Crippen LogP contribution < -0.4 is 5.32 Å². The fraction of sp³-hybridized carbons (Fsp3) is 0.192. The Morgan fingerprint density at radius 2 is 1.56 bits per heavy atom. The number of aromatic nitrogens is 2. The van der Waals surface area contributed by atoms with Crippen LogP contribution in [0.1, 0.15) is 23.6 Å². The van der Waals surface area contributed by atoms with E-state index in [1.165, 1.54) is 29.5 Å². The van der Waals surface area contributed by atoms with Crippen LogP contribution in [0.25, 0.3) is 22.0 Å². The van der Waals surface area contributed by atoms with Crippen LogP contribution in [0.4, 0.5) is 10.1 Å². The topological polar surface area (TPSA) is 54.9 Å². The summed E-state index contributed by atoms with van der Waals surface area (Å²) in [5.41, 5.74) is 5.60. The molecule has 0 aliphatic rings. The second kappa shape index (κ2) is 9.09. The van der Waals surface area contributed by atoms with Crippen LogP contribution in [0, 0.1) is 26.6 Å². The fourth-order valence-corrected chi connectivity index (χ4v) is 4.70. The van der Waals surface area contributed by atoms with Gasteiger partial charge < -0.3 is 5.32 Å². The van der Waals surface area contributed by atoms with Crippen molar-refractivity contribution in [3.63, 3.8) is 0 Å². The number of aryl methyl sites for hydroxylation is 3. The van der Waals surface area contributed by atoms with Crippen molar-refractivity contribution < 1.29 is 9.18 Å². The van der Waals surface area contributed by atoms with E-state index in [4.69, 9.17) is 0 Å². The van der Waals surface area contributed by atoms with Gasteiger partial charge in [-0.3, -0.25) is 4.79 Å². The van der Waals surface area contributed by atoms with Crippen LogP contribution >= 0.6 is 11.8 Å². The Morgan fingerprint density at radius 1 is 0.938 bits per heavy atom. The number of amides is 1. The van der Waals surface area contributed by atoms with Crippen molar-refractivity contribution in [1.29, 1.82) is 0 Å². The van der Waals surface area contributed by atoms with Crippen LogP contribution in [0.15, 0.2) is 65.7 Å². The first-order valence-corrected chi connectivity index (χ1v) is 11.3. The number of rotatable bonds is 5. The highest BCUT2D eigenvalue weighted by molar-refractivity contribution is 8.00. The van der Waals surface area contributed by atoms with Crippen LogP contribution in [0.3, 0.4) is 0 Å². The third kappa shape index (κ3) is 4.50. The van der Waals surface area contributed by atoms with Gasteiger partial charge in [-0.1, -0.05) is 53.7 Å². The Kier molecular flexibility index (Phi) is 6.24. The molecule has 1 amide bonds. The van der Waals surface area contributed by atoms with Gasteiger partial charge in [0.2, 0.25) is 5.91 Å².